The molecule has 5 nitrogen and oxygen atoms in total. The van der Waals surface area contributed by atoms with E-state index in [4.69, 9.17) is 5.11 Å². The smallest absolute Gasteiger partial charge is 0.304 e. The van der Waals surface area contributed by atoms with Crippen molar-refractivity contribution in [1.29, 1.82) is 0 Å². The zero-order valence-electron chi connectivity index (χ0n) is 6.64. The van der Waals surface area contributed by atoms with Crippen LogP contribution in [0.1, 0.15) is 25.0 Å². The van der Waals surface area contributed by atoms with Crippen LogP contribution in [0.2, 0.25) is 0 Å². The van der Waals surface area contributed by atoms with Crippen LogP contribution in [-0.2, 0) is 4.79 Å². The molecule has 1 heterocycles. The van der Waals surface area contributed by atoms with Crippen molar-refractivity contribution in [2.45, 2.75) is 19.3 Å². The molecule has 1 N–H and O–H groups in total. The zero-order valence-corrected chi connectivity index (χ0v) is 6.64. The van der Waals surface area contributed by atoms with Gasteiger partial charge in [0.05, 0.1) is 18.3 Å². The molecule has 1 atom stereocenters. The van der Waals surface area contributed by atoms with Gasteiger partial charge in [0.15, 0.2) is 0 Å². The summed E-state index contributed by atoms with van der Waals surface area (Å²) >= 11 is 0. The fraction of sp³-hybridized carbons (Fsp3) is 0.429. The van der Waals surface area contributed by atoms with Gasteiger partial charge in [0, 0.05) is 5.92 Å². The number of carboxylic acids is 1. The van der Waals surface area contributed by atoms with E-state index in [1.54, 1.807) is 6.92 Å². The van der Waals surface area contributed by atoms with Gasteiger partial charge in [-0.3, -0.25) is 4.79 Å². The van der Waals surface area contributed by atoms with Crippen LogP contribution in [0.15, 0.2) is 12.5 Å². The fourth-order valence-electron chi connectivity index (χ4n) is 0.850. The van der Waals surface area contributed by atoms with E-state index in [9.17, 15) is 4.79 Å². The quantitative estimate of drug-likeness (QED) is 0.707. The molecule has 64 valence electrons. The minimum absolute atomic E-state index is 0.0559. The molecule has 0 aliphatic heterocycles. The lowest BCUT2D eigenvalue weighted by atomic mass is 10.1. The number of carboxylic acid groups (broad SMARTS) is 1. The Morgan fingerprint density at radius 3 is 3.00 bits per heavy atom. The van der Waals surface area contributed by atoms with Gasteiger partial charge in [-0.1, -0.05) is 6.92 Å². The highest BCUT2D eigenvalue weighted by atomic mass is 16.4. The Kier molecular flexibility index (Phi) is 2.68. The summed E-state index contributed by atoms with van der Waals surface area (Å²) in [5, 5.41) is 15.8. The number of carbonyl (C=O) groups is 1. The Morgan fingerprint density at radius 2 is 2.50 bits per heavy atom. The molecule has 1 unspecified atom stereocenters. The van der Waals surface area contributed by atoms with Gasteiger partial charge in [-0.2, -0.15) is 5.10 Å². The third-order valence-corrected chi connectivity index (χ3v) is 1.48. The van der Waals surface area contributed by atoms with E-state index in [0.717, 1.165) is 0 Å². The third-order valence-electron chi connectivity index (χ3n) is 1.48. The second-order valence-corrected chi connectivity index (χ2v) is 2.53. The molecule has 0 spiro atoms. The average molecular weight is 167 g/mol. The van der Waals surface area contributed by atoms with Crippen LogP contribution in [0.3, 0.4) is 0 Å². The van der Waals surface area contributed by atoms with Crippen molar-refractivity contribution in [2.75, 3.05) is 0 Å². The van der Waals surface area contributed by atoms with Crippen molar-refractivity contribution in [3.05, 3.63) is 18.2 Å². The van der Waals surface area contributed by atoms with E-state index in [1.165, 1.54) is 12.5 Å². The normalized spacial score (nSPS) is 12.4. The summed E-state index contributed by atoms with van der Waals surface area (Å²) in [6.07, 6.45) is 2.90. The maximum atomic E-state index is 10.3. The highest BCUT2D eigenvalue weighted by Gasteiger charge is 2.11. The molecular formula is C7H9N3O2. The molecular weight excluding hydrogens is 158 g/mol. The summed E-state index contributed by atoms with van der Waals surface area (Å²) in [4.78, 5) is 14.1. The Bertz CT molecular complexity index is 263. The number of hydrogen-bond donors (Lipinski definition) is 1. The molecule has 1 rings (SSSR count). The number of aromatic nitrogens is 3. The monoisotopic (exact) mass is 167 g/mol. The molecule has 0 radical (unpaired) electrons. The summed E-state index contributed by atoms with van der Waals surface area (Å²) in [7, 11) is 0. The number of aliphatic carboxylic acids is 1. The van der Waals surface area contributed by atoms with E-state index in [1.807, 2.05) is 0 Å². The second-order valence-electron chi connectivity index (χ2n) is 2.53. The van der Waals surface area contributed by atoms with E-state index >= 15 is 0 Å². The van der Waals surface area contributed by atoms with Crippen LogP contribution >= 0.6 is 0 Å². The fourth-order valence-corrected chi connectivity index (χ4v) is 0.850. The Balaban J connectivity index is 2.65. The molecule has 1 aromatic heterocycles. The van der Waals surface area contributed by atoms with Gasteiger partial charge in [0.1, 0.15) is 6.33 Å². The zero-order chi connectivity index (χ0) is 8.97. The first-order valence-electron chi connectivity index (χ1n) is 3.54. The van der Waals surface area contributed by atoms with Crippen LogP contribution in [0.25, 0.3) is 0 Å². The van der Waals surface area contributed by atoms with E-state index in [2.05, 4.69) is 15.2 Å². The molecule has 0 saturated heterocycles. The van der Waals surface area contributed by atoms with E-state index in [0.29, 0.717) is 5.69 Å². The molecule has 0 amide bonds. The van der Waals surface area contributed by atoms with Gasteiger partial charge in [-0.25, -0.2) is 4.98 Å². The minimum Gasteiger partial charge on any atom is -0.481 e. The third kappa shape index (κ3) is 2.26. The molecule has 0 aliphatic rings. The molecule has 1 aromatic rings. The first-order valence-corrected chi connectivity index (χ1v) is 3.54. The van der Waals surface area contributed by atoms with Crippen LogP contribution in [-0.4, -0.2) is 26.3 Å². The van der Waals surface area contributed by atoms with Crippen molar-refractivity contribution in [2.24, 2.45) is 0 Å². The van der Waals surface area contributed by atoms with Crippen molar-refractivity contribution < 1.29 is 9.90 Å². The average Bonchev–Trinajstić information content (AvgIpc) is 2.05. The van der Waals surface area contributed by atoms with Gasteiger partial charge in [-0.05, 0) is 0 Å². The van der Waals surface area contributed by atoms with Gasteiger partial charge in [-0.15, -0.1) is 5.10 Å². The maximum absolute atomic E-state index is 10.3. The lowest BCUT2D eigenvalue weighted by Gasteiger charge is -2.04. The van der Waals surface area contributed by atoms with Crippen molar-refractivity contribution in [1.82, 2.24) is 15.2 Å². The van der Waals surface area contributed by atoms with Gasteiger partial charge in [0.25, 0.3) is 0 Å². The minimum atomic E-state index is -0.840. The highest BCUT2D eigenvalue weighted by Crippen LogP contribution is 2.13. The van der Waals surface area contributed by atoms with Crippen molar-refractivity contribution >= 4 is 5.97 Å². The molecule has 0 aromatic carbocycles. The predicted molar refractivity (Wildman–Crippen MR) is 40.5 cm³/mol. The summed E-state index contributed by atoms with van der Waals surface area (Å²) < 4.78 is 0. The van der Waals surface area contributed by atoms with Crippen LogP contribution in [0.4, 0.5) is 0 Å². The molecule has 0 bridgehead atoms. The van der Waals surface area contributed by atoms with Crippen LogP contribution in [0.5, 0.6) is 0 Å². The first kappa shape index (κ1) is 8.58. The summed E-state index contributed by atoms with van der Waals surface area (Å²) in [6.45, 7) is 1.78. The standard InChI is InChI=1S/C7H9N3O2/c1-5(2-7(11)12)6-3-8-4-9-10-6/h3-5H,2H2,1H3,(H,11,12). The number of hydrogen-bond acceptors (Lipinski definition) is 4. The summed E-state index contributed by atoms with van der Waals surface area (Å²) in [6, 6.07) is 0. The largest absolute Gasteiger partial charge is 0.481 e. The van der Waals surface area contributed by atoms with Crippen molar-refractivity contribution in [3.8, 4) is 0 Å². The van der Waals surface area contributed by atoms with E-state index < -0.39 is 5.97 Å². The summed E-state index contributed by atoms with van der Waals surface area (Å²) in [5.74, 6) is -0.975. The molecule has 0 aliphatic carbocycles. The first-order chi connectivity index (χ1) is 5.70. The van der Waals surface area contributed by atoms with Crippen LogP contribution in [0, 0.1) is 0 Å². The van der Waals surface area contributed by atoms with E-state index in [-0.39, 0.29) is 12.3 Å². The molecule has 12 heavy (non-hydrogen) atoms. The molecule has 5 heteroatoms. The molecule has 0 saturated carbocycles. The number of nitrogens with zero attached hydrogens (tertiary/aromatic N) is 3. The second kappa shape index (κ2) is 3.75. The lowest BCUT2D eigenvalue weighted by molar-refractivity contribution is -0.137. The van der Waals surface area contributed by atoms with Crippen molar-refractivity contribution in [3.63, 3.8) is 0 Å². The Labute approximate surface area is 69.5 Å². The van der Waals surface area contributed by atoms with Crippen LogP contribution < -0.4 is 0 Å². The maximum Gasteiger partial charge on any atom is 0.304 e. The van der Waals surface area contributed by atoms with Gasteiger partial charge in [0.2, 0.25) is 0 Å². The lowest BCUT2D eigenvalue weighted by Crippen LogP contribution is -2.05. The topological polar surface area (TPSA) is 76.0 Å². The summed E-state index contributed by atoms with van der Waals surface area (Å²) in [5.41, 5.74) is 0.611. The molecule has 0 fully saturated rings. The highest BCUT2D eigenvalue weighted by molar-refractivity contribution is 5.67. The Hall–Kier alpha value is -1.52. The predicted octanol–water partition coefficient (Wildman–Crippen LogP) is 0.450. The van der Waals surface area contributed by atoms with Gasteiger partial charge >= 0.3 is 5.97 Å². The SMILES string of the molecule is CC(CC(=O)O)c1cncnn1. The Morgan fingerprint density at radius 1 is 1.75 bits per heavy atom. The van der Waals surface area contributed by atoms with Gasteiger partial charge < -0.3 is 5.11 Å². The number of rotatable bonds is 3.